The van der Waals surface area contributed by atoms with Crippen molar-refractivity contribution in [2.75, 3.05) is 0 Å². The molecule has 5 unspecified atom stereocenters. The van der Waals surface area contributed by atoms with Crippen LogP contribution < -0.4 is 0 Å². The van der Waals surface area contributed by atoms with Gasteiger partial charge in [-0.05, 0) is 43.4 Å². The van der Waals surface area contributed by atoms with E-state index in [1.165, 1.54) is 0 Å². The van der Waals surface area contributed by atoms with Crippen molar-refractivity contribution in [3.8, 4) is 0 Å². The Morgan fingerprint density at radius 2 is 1.26 bits per heavy atom. The van der Waals surface area contributed by atoms with Gasteiger partial charge in [-0.2, -0.15) is 0 Å². The lowest BCUT2D eigenvalue weighted by Crippen LogP contribution is -2.54. The Kier molecular flexibility index (Phi) is 6.55. The molecular formula is C20H38O3. The zero-order chi connectivity index (χ0) is 17.3. The lowest BCUT2D eigenvalue weighted by molar-refractivity contribution is -0.299. The van der Waals surface area contributed by atoms with Gasteiger partial charge in [0.25, 0.3) is 0 Å². The summed E-state index contributed by atoms with van der Waals surface area (Å²) < 4.78 is 19.2. The first kappa shape index (κ1) is 19.2. The van der Waals surface area contributed by atoms with E-state index >= 15 is 0 Å². The average molecular weight is 327 g/mol. The molecule has 0 aliphatic carbocycles. The zero-order valence-electron chi connectivity index (χ0n) is 16.4. The molecule has 2 aliphatic rings. The molecule has 0 bridgehead atoms. The molecular weight excluding hydrogens is 288 g/mol. The van der Waals surface area contributed by atoms with Gasteiger partial charge in [-0.15, -0.1) is 0 Å². The molecule has 10 atom stereocenters. The van der Waals surface area contributed by atoms with Crippen molar-refractivity contribution < 1.29 is 14.2 Å². The molecule has 2 heterocycles. The molecule has 2 rings (SSSR count). The molecule has 136 valence electrons. The van der Waals surface area contributed by atoms with Gasteiger partial charge in [-0.1, -0.05) is 48.5 Å². The predicted molar refractivity (Wildman–Crippen MR) is 94.3 cm³/mol. The predicted octanol–water partition coefficient (Wildman–Crippen LogP) is 4.88. The summed E-state index contributed by atoms with van der Waals surface area (Å²) in [5.41, 5.74) is 0. The highest BCUT2D eigenvalue weighted by atomic mass is 16.7. The number of hydrogen-bond acceptors (Lipinski definition) is 3. The van der Waals surface area contributed by atoms with Gasteiger partial charge >= 0.3 is 0 Å². The fraction of sp³-hybridized carbons (Fsp3) is 1.00. The van der Waals surface area contributed by atoms with Crippen LogP contribution in [0.2, 0.25) is 0 Å². The van der Waals surface area contributed by atoms with Gasteiger partial charge in [0, 0.05) is 5.92 Å². The fourth-order valence-electron chi connectivity index (χ4n) is 4.35. The first-order chi connectivity index (χ1) is 10.8. The third kappa shape index (κ3) is 3.77. The van der Waals surface area contributed by atoms with Crippen LogP contribution >= 0.6 is 0 Å². The van der Waals surface area contributed by atoms with Gasteiger partial charge < -0.3 is 14.2 Å². The SMILES string of the molecule is CCC1OC(C)[C@H](C)C(C)[C@H]1O[C@@H]1OC(CC)[C@@H](C)[C@H](C)C1C. The Balaban J connectivity index is 2.11. The average Bonchev–Trinajstić information content (AvgIpc) is 2.55. The molecule has 0 N–H and O–H groups in total. The lowest BCUT2D eigenvalue weighted by atomic mass is 9.77. The summed E-state index contributed by atoms with van der Waals surface area (Å²) in [4.78, 5) is 0. The molecule has 0 spiro atoms. The summed E-state index contributed by atoms with van der Waals surface area (Å²) in [6.07, 6.45) is 2.88. The van der Waals surface area contributed by atoms with E-state index in [4.69, 9.17) is 14.2 Å². The van der Waals surface area contributed by atoms with Crippen LogP contribution in [0.15, 0.2) is 0 Å². The van der Waals surface area contributed by atoms with Crippen LogP contribution in [0.25, 0.3) is 0 Å². The van der Waals surface area contributed by atoms with Gasteiger partial charge in [-0.25, -0.2) is 0 Å². The van der Waals surface area contributed by atoms with Gasteiger partial charge in [0.05, 0.1) is 24.4 Å². The molecule has 3 nitrogen and oxygen atoms in total. The van der Waals surface area contributed by atoms with Crippen molar-refractivity contribution in [1.29, 1.82) is 0 Å². The van der Waals surface area contributed by atoms with Crippen molar-refractivity contribution in [3.63, 3.8) is 0 Å². The van der Waals surface area contributed by atoms with Crippen molar-refractivity contribution in [2.24, 2.45) is 29.6 Å². The lowest BCUT2D eigenvalue weighted by Gasteiger charge is -2.48. The third-order valence-corrected chi connectivity index (χ3v) is 6.92. The quantitative estimate of drug-likeness (QED) is 0.736. The van der Waals surface area contributed by atoms with Crippen LogP contribution in [-0.2, 0) is 14.2 Å². The number of ether oxygens (including phenoxy) is 3. The summed E-state index contributed by atoms with van der Waals surface area (Å²) in [6.45, 7) is 18.1. The van der Waals surface area contributed by atoms with Crippen LogP contribution in [0.4, 0.5) is 0 Å². The van der Waals surface area contributed by atoms with E-state index < -0.39 is 0 Å². The van der Waals surface area contributed by atoms with Crippen molar-refractivity contribution in [1.82, 2.24) is 0 Å². The highest BCUT2D eigenvalue weighted by molar-refractivity contribution is 4.89. The highest BCUT2D eigenvalue weighted by Crippen LogP contribution is 2.40. The fourth-order valence-corrected chi connectivity index (χ4v) is 4.35. The van der Waals surface area contributed by atoms with Gasteiger partial charge in [0.2, 0.25) is 0 Å². The van der Waals surface area contributed by atoms with Crippen LogP contribution in [0.1, 0.15) is 68.2 Å². The monoisotopic (exact) mass is 326 g/mol. The Hall–Kier alpha value is -0.120. The summed E-state index contributed by atoms with van der Waals surface area (Å²) in [6, 6.07) is 0. The topological polar surface area (TPSA) is 27.7 Å². The maximum Gasteiger partial charge on any atom is 0.161 e. The second kappa shape index (κ2) is 7.84. The minimum atomic E-state index is -0.100. The summed E-state index contributed by atoms with van der Waals surface area (Å²) in [5, 5.41) is 0. The second-order valence-corrected chi connectivity index (χ2v) is 8.14. The van der Waals surface area contributed by atoms with Crippen LogP contribution in [0, 0.1) is 29.6 Å². The van der Waals surface area contributed by atoms with Crippen LogP contribution in [-0.4, -0.2) is 30.7 Å². The maximum absolute atomic E-state index is 6.58. The molecule has 0 aromatic rings. The van der Waals surface area contributed by atoms with E-state index in [2.05, 4.69) is 55.4 Å². The molecule has 0 aromatic carbocycles. The molecule has 0 saturated carbocycles. The Morgan fingerprint density at radius 3 is 1.83 bits per heavy atom. The number of hydrogen-bond donors (Lipinski definition) is 0. The molecule has 23 heavy (non-hydrogen) atoms. The Morgan fingerprint density at radius 1 is 0.652 bits per heavy atom. The Labute approximate surface area is 143 Å². The molecule has 0 amide bonds. The third-order valence-electron chi connectivity index (χ3n) is 6.92. The maximum atomic E-state index is 6.58. The minimum Gasteiger partial charge on any atom is -0.372 e. The summed E-state index contributed by atoms with van der Waals surface area (Å²) in [5.74, 6) is 2.65. The first-order valence-electron chi connectivity index (χ1n) is 9.78. The molecule has 2 fully saturated rings. The largest absolute Gasteiger partial charge is 0.372 e. The van der Waals surface area contributed by atoms with Crippen molar-refractivity contribution in [3.05, 3.63) is 0 Å². The molecule has 0 radical (unpaired) electrons. The first-order valence-corrected chi connectivity index (χ1v) is 9.78. The van der Waals surface area contributed by atoms with E-state index in [1.807, 2.05) is 0 Å². The zero-order valence-corrected chi connectivity index (χ0v) is 16.4. The van der Waals surface area contributed by atoms with Crippen molar-refractivity contribution in [2.45, 2.75) is 98.9 Å². The summed E-state index contributed by atoms with van der Waals surface area (Å²) >= 11 is 0. The second-order valence-electron chi connectivity index (χ2n) is 8.14. The van der Waals surface area contributed by atoms with Gasteiger partial charge in [0.1, 0.15) is 0 Å². The van der Waals surface area contributed by atoms with E-state index in [1.54, 1.807) is 0 Å². The van der Waals surface area contributed by atoms with Crippen LogP contribution in [0.5, 0.6) is 0 Å². The molecule has 3 heteroatoms. The van der Waals surface area contributed by atoms with E-state index in [-0.39, 0.29) is 18.5 Å². The molecule has 2 aliphatic heterocycles. The summed E-state index contributed by atoms with van der Waals surface area (Å²) in [7, 11) is 0. The Bertz CT molecular complexity index is 368. The smallest absolute Gasteiger partial charge is 0.161 e. The van der Waals surface area contributed by atoms with Crippen molar-refractivity contribution >= 4 is 0 Å². The minimum absolute atomic E-state index is 0.100. The van der Waals surface area contributed by atoms with Crippen LogP contribution in [0.3, 0.4) is 0 Å². The van der Waals surface area contributed by atoms with Gasteiger partial charge in [-0.3, -0.25) is 0 Å². The normalized spacial score (nSPS) is 51.7. The van der Waals surface area contributed by atoms with Gasteiger partial charge in [0.15, 0.2) is 6.29 Å². The van der Waals surface area contributed by atoms with E-state index in [0.717, 1.165) is 12.8 Å². The van der Waals surface area contributed by atoms with E-state index in [0.29, 0.717) is 41.8 Å². The molecule has 2 saturated heterocycles. The highest BCUT2D eigenvalue weighted by Gasteiger charge is 2.45. The number of rotatable bonds is 4. The standard InChI is InChI=1S/C20H38O3/c1-9-17-13(5)11(3)15(7)20(22-17)23-19-14(6)12(4)16(8)21-18(19)10-2/h11-20H,9-10H2,1-8H3/t11-,12+,13-,14?,15?,16?,17?,18?,19+,20-/m0/s1. The van der Waals surface area contributed by atoms with E-state index in [9.17, 15) is 0 Å². The molecule has 0 aromatic heterocycles.